The van der Waals surface area contributed by atoms with Crippen molar-refractivity contribution in [2.45, 2.75) is 70.0 Å². The zero-order valence-corrected chi connectivity index (χ0v) is 37.5. The number of aromatic nitrogens is 4. The Bertz CT molecular complexity index is 2770. The lowest BCUT2D eigenvalue weighted by Gasteiger charge is -2.39. The van der Waals surface area contributed by atoms with Gasteiger partial charge in [-0.3, -0.25) is 39.0 Å². The van der Waals surface area contributed by atoms with E-state index in [4.69, 9.17) is 15.6 Å². The van der Waals surface area contributed by atoms with E-state index in [-0.39, 0.29) is 60.5 Å². The fraction of sp³-hybridized carbons (Fsp3) is 0.375. The first kappa shape index (κ1) is 45.8. The standard InChI is InChI=1S/C48H52N12O7/c1-48(2,57(3)22-9-21-51-38(62)26-52-35-14-7-13-34-39(35)47(66)59(46(34)65)36-19-20-37(61)55-44(36)63)24-30(25-49)45(64)58-23-8-10-31(27-58)60-43-40(42(50)53-28-54-43)41(56-60)29-15-17-33(18-16-29)67-32-11-5-4-6-12-32/h4-7,11-18,28,30-31,36,52H,8-10,19-24,26-27H2,1-3H3,(H,51,62)(H2,50,53,54)(H,55,61,63). The molecule has 5 aromatic rings. The quantitative estimate of drug-likeness (QED) is 0.0797. The van der Waals surface area contributed by atoms with Gasteiger partial charge in [0.15, 0.2) is 5.65 Å². The van der Waals surface area contributed by atoms with Gasteiger partial charge in [0.1, 0.15) is 41.3 Å². The van der Waals surface area contributed by atoms with E-state index in [1.807, 2.05) is 80.2 Å². The predicted molar refractivity (Wildman–Crippen MR) is 246 cm³/mol. The number of para-hydroxylation sites is 1. The number of anilines is 2. The van der Waals surface area contributed by atoms with Crippen LogP contribution in [0.3, 0.4) is 0 Å². The largest absolute Gasteiger partial charge is 0.457 e. The van der Waals surface area contributed by atoms with Gasteiger partial charge in [-0.1, -0.05) is 24.3 Å². The molecule has 5 N–H and O–H groups in total. The number of hydrogen-bond donors (Lipinski definition) is 4. The molecule has 3 aromatic carbocycles. The highest BCUT2D eigenvalue weighted by Crippen LogP contribution is 2.36. The molecule has 0 bridgehead atoms. The van der Waals surface area contributed by atoms with Gasteiger partial charge in [-0.15, -0.1) is 0 Å². The Balaban J connectivity index is 0.831. The van der Waals surface area contributed by atoms with Crippen molar-refractivity contribution in [3.63, 3.8) is 0 Å². The van der Waals surface area contributed by atoms with E-state index in [0.29, 0.717) is 67.3 Å². The van der Waals surface area contributed by atoms with Gasteiger partial charge in [0.05, 0.1) is 35.2 Å². The van der Waals surface area contributed by atoms with Gasteiger partial charge >= 0.3 is 0 Å². The number of amides is 6. The number of hydrogen-bond acceptors (Lipinski definition) is 14. The zero-order valence-electron chi connectivity index (χ0n) is 37.5. The molecular formula is C48H52N12O7. The highest BCUT2D eigenvalue weighted by molar-refractivity contribution is 6.25. The highest BCUT2D eigenvalue weighted by atomic mass is 16.5. The minimum atomic E-state index is -1.10. The molecule has 2 fully saturated rings. The van der Waals surface area contributed by atoms with E-state index < -0.39 is 41.1 Å². The monoisotopic (exact) mass is 908 g/mol. The summed E-state index contributed by atoms with van der Waals surface area (Å²) in [7, 11) is 1.92. The summed E-state index contributed by atoms with van der Waals surface area (Å²) >= 11 is 0. The lowest BCUT2D eigenvalue weighted by molar-refractivity contribution is -0.137. The van der Waals surface area contributed by atoms with Crippen molar-refractivity contribution in [3.05, 3.63) is 90.3 Å². The summed E-state index contributed by atoms with van der Waals surface area (Å²) in [6.45, 7) is 5.53. The van der Waals surface area contributed by atoms with Crippen LogP contribution >= 0.6 is 0 Å². The number of imide groups is 2. The molecule has 0 radical (unpaired) electrons. The van der Waals surface area contributed by atoms with E-state index in [1.165, 1.54) is 12.4 Å². The molecule has 3 aliphatic rings. The smallest absolute Gasteiger partial charge is 0.264 e. The van der Waals surface area contributed by atoms with Crippen molar-refractivity contribution in [2.75, 3.05) is 50.8 Å². The molecule has 2 aromatic heterocycles. The summed E-state index contributed by atoms with van der Waals surface area (Å²) in [6.07, 6.45) is 3.75. The summed E-state index contributed by atoms with van der Waals surface area (Å²) in [4.78, 5) is 91.2. The van der Waals surface area contributed by atoms with Gasteiger partial charge in [0, 0.05) is 49.4 Å². The van der Waals surface area contributed by atoms with E-state index in [0.717, 1.165) is 22.6 Å². The minimum absolute atomic E-state index is 0.00823. The van der Waals surface area contributed by atoms with Crippen molar-refractivity contribution >= 4 is 58.0 Å². The molecule has 3 atom stereocenters. The third-order valence-corrected chi connectivity index (χ3v) is 12.8. The van der Waals surface area contributed by atoms with Crippen LogP contribution in [0.4, 0.5) is 11.5 Å². The number of carbonyl (C=O) groups excluding carboxylic acids is 6. The Morgan fingerprint density at radius 1 is 1.00 bits per heavy atom. The maximum Gasteiger partial charge on any atom is 0.264 e. The van der Waals surface area contributed by atoms with Crippen LogP contribution < -0.4 is 26.4 Å². The van der Waals surface area contributed by atoms with Gasteiger partial charge in [-0.25, -0.2) is 14.6 Å². The van der Waals surface area contributed by atoms with Crippen molar-refractivity contribution in [2.24, 2.45) is 5.92 Å². The second-order valence-corrected chi connectivity index (χ2v) is 17.6. The topological polar surface area (TPSA) is 251 Å². The number of likely N-dealkylation sites (tertiary alicyclic amines) is 1. The normalized spacial score (nSPS) is 17.8. The molecule has 19 heteroatoms. The molecule has 8 rings (SSSR count). The number of nitrogens with zero attached hydrogens (tertiary/aromatic N) is 8. The number of ether oxygens (including phenoxy) is 1. The molecule has 346 valence electrons. The number of rotatable bonds is 16. The van der Waals surface area contributed by atoms with Crippen LogP contribution in [0, 0.1) is 17.2 Å². The number of nitrogens with one attached hydrogen (secondary N) is 3. The molecule has 3 unspecified atom stereocenters. The van der Waals surface area contributed by atoms with Crippen molar-refractivity contribution in [1.82, 2.24) is 45.1 Å². The Morgan fingerprint density at radius 3 is 2.51 bits per heavy atom. The Hall–Kier alpha value is -7.72. The number of fused-ring (bicyclic) bond motifs is 2. The summed E-state index contributed by atoms with van der Waals surface area (Å²) in [5.74, 6) is -2.27. The van der Waals surface area contributed by atoms with Crippen LogP contribution in [0.2, 0.25) is 0 Å². The third-order valence-electron chi connectivity index (χ3n) is 12.8. The van der Waals surface area contributed by atoms with Crippen LogP contribution in [0.1, 0.15) is 79.1 Å². The number of nitriles is 1. The first-order valence-electron chi connectivity index (χ1n) is 22.3. The molecule has 0 saturated carbocycles. The maximum atomic E-state index is 14.1. The number of carbonyl (C=O) groups is 6. The van der Waals surface area contributed by atoms with E-state index in [2.05, 4.69) is 36.9 Å². The van der Waals surface area contributed by atoms with Gasteiger partial charge in [0.25, 0.3) is 11.8 Å². The number of nitrogen functional groups attached to an aromatic ring is 1. The molecule has 3 aliphatic heterocycles. The van der Waals surface area contributed by atoms with Crippen molar-refractivity contribution < 1.29 is 33.5 Å². The second kappa shape index (κ2) is 19.4. The molecular weight excluding hydrogens is 857 g/mol. The van der Waals surface area contributed by atoms with Gasteiger partial charge in [0.2, 0.25) is 23.6 Å². The maximum absolute atomic E-state index is 14.1. The molecule has 0 aliphatic carbocycles. The van der Waals surface area contributed by atoms with Crippen molar-refractivity contribution in [3.8, 4) is 28.8 Å². The summed E-state index contributed by atoms with van der Waals surface area (Å²) < 4.78 is 7.82. The molecule has 6 amide bonds. The second-order valence-electron chi connectivity index (χ2n) is 17.6. The Labute approximate surface area is 386 Å². The fourth-order valence-electron chi connectivity index (χ4n) is 8.92. The average molecular weight is 909 g/mol. The van der Waals surface area contributed by atoms with E-state index in [9.17, 15) is 34.0 Å². The lowest BCUT2D eigenvalue weighted by atomic mass is 9.88. The summed E-state index contributed by atoms with van der Waals surface area (Å²) in [5, 5.41) is 24.0. The lowest BCUT2D eigenvalue weighted by Crippen LogP contribution is -2.54. The molecule has 19 nitrogen and oxygen atoms in total. The van der Waals surface area contributed by atoms with Gasteiger partial charge < -0.3 is 30.9 Å². The predicted octanol–water partition coefficient (Wildman–Crippen LogP) is 4.29. The molecule has 67 heavy (non-hydrogen) atoms. The summed E-state index contributed by atoms with van der Waals surface area (Å²) in [6, 6.07) is 22.7. The third kappa shape index (κ3) is 9.65. The number of nitrogens with two attached hydrogens (primary N) is 1. The van der Waals surface area contributed by atoms with Gasteiger partial charge in [-0.2, -0.15) is 10.4 Å². The average Bonchev–Trinajstić information content (AvgIpc) is 3.84. The zero-order chi connectivity index (χ0) is 47.4. The fourth-order valence-corrected chi connectivity index (χ4v) is 8.92. The van der Waals surface area contributed by atoms with Crippen LogP contribution in [0.15, 0.2) is 79.1 Å². The molecule has 0 spiro atoms. The number of piperidine rings is 2. The van der Waals surface area contributed by atoms with Crippen LogP contribution in [-0.2, 0) is 19.2 Å². The van der Waals surface area contributed by atoms with Gasteiger partial charge in [-0.05, 0) is 102 Å². The first-order chi connectivity index (χ1) is 32.2. The molecule has 5 heterocycles. The molecule has 2 saturated heterocycles. The van der Waals surface area contributed by atoms with Crippen LogP contribution in [0.25, 0.3) is 22.3 Å². The first-order valence-corrected chi connectivity index (χ1v) is 22.3. The van der Waals surface area contributed by atoms with E-state index in [1.54, 1.807) is 17.0 Å². The van der Waals surface area contributed by atoms with Crippen molar-refractivity contribution in [1.29, 1.82) is 5.26 Å². The minimum Gasteiger partial charge on any atom is -0.457 e. The highest BCUT2D eigenvalue weighted by Gasteiger charge is 2.46. The summed E-state index contributed by atoms with van der Waals surface area (Å²) in [5.41, 5.74) is 8.31. The van der Waals surface area contributed by atoms with E-state index >= 15 is 0 Å². The number of benzene rings is 3. The SMILES string of the molecule is CN(CCCNC(=O)CNc1cccc2c1C(=O)N(C1CCC(=O)NC1=O)C2=O)C(C)(C)CC(C#N)C(=O)N1CCCC(n2nc(-c3ccc(Oc4ccccc4)cc3)c3c(N)ncnc32)C1. The Kier molecular flexibility index (Phi) is 13.3. The van der Waals surface area contributed by atoms with Crippen LogP contribution in [-0.4, -0.2) is 121 Å². The van der Waals surface area contributed by atoms with Crippen LogP contribution in [0.5, 0.6) is 11.5 Å². The Morgan fingerprint density at radius 2 is 1.76 bits per heavy atom.